The average Bonchev–Trinajstić information content (AvgIpc) is 2.39. The van der Waals surface area contributed by atoms with E-state index in [-0.39, 0.29) is 37.4 Å². The molecule has 18 heavy (non-hydrogen) atoms. The zero-order valence-electron chi connectivity index (χ0n) is 10.3. The highest BCUT2D eigenvalue weighted by Crippen LogP contribution is 1.97. The molecular weight excluding hydrogens is 232 g/mol. The van der Waals surface area contributed by atoms with Crippen molar-refractivity contribution in [1.82, 2.24) is 10.6 Å². The van der Waals surface area contributed by atoms with Crippen molar-refractivity contribution in [2.24, 2.45) is 0 Å². The lowest BCUT2D eigenvalue weighted by Crippen LogP contribution is -2.37. The summed E-state index contributed by atoms with van der Waals surface area (Å²) in [6, 6.07) is 8.56. The summed E-state index contributed by atoms with van der Waals surface area (Å²) in [4.78, 5) is 23.0. The molecule has 0 aromatic heterocycles. The fourth-order valence-corrected chi connectivity index (χ4v) is 1.37. The summed E-state index contributed by atoms with van der Waals surface area (Å²) in [6.45, 7) is 1.89. The van der Waals surface area contributed by atoms with E-state index in [0.29, 0.717) is 5.56 Å². The molecule has 0 unspecified atom stereocenters. The Morgan fingerprint density at radius 3 is 2.56 bits per heavy atom. The Bertz CT molecular complexity index is 392. The first-order valence-corrected chi connectivity index (χ1v) is 5.87. The largest absolute Gasteiger partial charge is 0.394 e. The molecule has 0 aliphatic carbocycles. The van der Waals surface area contributed by atoms with E-state index in [0.717, 1.165) is 0 Å². The number of hydrogen-bond donors (Lipinski definition) is 3. The summed E-state index contributed by atoms with van der Waals surface area (Å²) >= 11 is 0. The van der Waals surface area contributed by atoms with Gasteiger partial charge in [-0.25, -0.2) is 0 Å². The maximum atomic E-state index is 11.6. The lowest BCUT2D eigenvalue weighted by Gasteiger charge is -2.10. The molecule has 1 rings (SSSR count). The molecule has 1 atom stereocenters. The average molecular weight is 250 g/mol. The van der Waals surface area contributed by atoms with Crippen molar-refractivity contribution in [3.63, 3.8) is 0 Å². The number of benzene rings is 1. The summed E-state index contributed by atoms with van der Waals surface area (Å²) in [6.07, 6.45) is 0.197. The van der Waals surface area contributed by atoms with Crippen LogP contribution in [-0.4, -0.2) is 36.1 Å². The van der Waals surface area contributed by atoms with Crippen LogP contribution in [0, 0.1) is 0 Å². The van der Waals surface area contributed by atoms with Gasteiger partial charge in [-0.1, -0.05) is 18.2 Å². The van der Waals surface area contributed by atoms with Gasteiger partial charge in [-0.2, -0.15) is 0 Å². The quantitative estimate of drug-likeness (QED) is 0.679. The van der Waals surface area contributed by atoms with Crippen LogP contribution in [0.4, 0.5) is 0 Å². The van der Waals surface area contributed by atoms with E-state index >= 15 is 0 Å². The van der Waals surface area contributed by atoms with Gasteiger partial charge < -0.3 is 15.7 Å². The Kier molecular flexibility index (Phi) is 5.87. The molecule has 0 radical (unpaired) electrons. The Morgan fingerprint density at radius 1 is 1.28 bits per heavy atom. The molecule has 1 aromatic carbocycles. The van der Waals surface area contributed by atoms with E-state index in [2.05, 4.69) is 10.6 Å². The fraction of sp³-hybridized carbons (Fsp3) is 0.385. The highest BCUT2D eigenvalue weighted by molar-refractivity contribution is 5.94. The van der Waals surface area contributed by atoms with E-state index in [1.165, 1.54) is 0 Å². The van der Waals surface area contributed by atoms with Gasteiger partial charge in [0.05, 0.1) is 6.61 Å². The Morgan fingerprint density at radius 2 is 1.94 bits per heavy atom. The number of rotatable bonds is 6. The normalized spacial score (nSPS) is 11.7. The maximum Gasteiger partial charge on any atom is 0.251 e. The molecule has 0 saturated heterocycles. The minimum atomic E-state index is -0.262. The minimum absolute atomic E-state index is 0.0951. The van der Waals surface area contributed by atoms with Gasteiger partial charge in [0.25, 0.3) is 5.91 Å². The zero-order valence-corrected chi connectivity index (χ0v) is 10.3. The molecule has 5 nitrogen and oxygen atoms in total. The molecule has 1 aromatic rings. The van der Waals surface area contributed by atoms with Crippen LogP contribution in [-0.2, 0) is 4.79 Å². The second-order valence-corrected chi connectivity index (χ2v) is 4.02. The molecule has 0 aliphatic rings. The molecule has 3 N–H and O–H groups in total. The third kappa shape index (κ3) is 4.97. The molecule has 0 heterocycles. The van der Waals surface area contributed by atoms with Crippen molar-refractivity contribution < 1.29 is 14.7 Å². The lowest BCUT2D eigenvalue weighted by atomic mass is 10.2. The summed E-state index contributed by atoms with van der Waals surface area (Å²) in [7, 11) is 0. The minimum Gasteiger partial charge on any atom is -0.394 e. The number of carbonyl (C=O) groups is 2. The number of aliphatic hydroxyl groups excluding tert-OH is 1. The topological polar surface area (TPSA) is 78.4 Å². The maximum absolute atomic E-state index is 11.6. The predicted octanol–water partition coefficient (Wildman–Crippen LogP) is 0.303. The molecule has 0 saturated carbocycles. The second kappa shape index (κ2) is 7.45. The van der Waals surface area contributed by atoms with Crippen molar-refractivity contribution in [2.45, 2.75) is 19.4 Å². The first kappa shape index (κ1) is 14.2. The summed E-state index contributed by atoms with van der Waals surface area (Å²) < 4.78 is 0. The number of hydrogen-bond acceptors (Lipinski definition) is 3. The predicted molar refractivity (Wildman–Crippen MR) is 68.1 cm³/mol. The second-order valence-electron chi connectivity index (χ2n) is 4.02. The third-order valence-electron chi connectivity index (χ3n) is 2.35. The van der Waals surface area contributed by atoms with Crippen molar-refractivity contribution in [2.75, 3.05) is 13.2 Å². The van der Waals surface area contributed by atoms with Crippen LogP contribution < -0.4 is 10.6 Å². The first-order chi connectivity index (χ1) is 8.63. The molecule has 0 aliphatic heterocycles. The number of nitrogens with one attached hydrogen (secondary N) is 2. The van der Waals surface area contributed by atoms with Crippen LogP contribution in [0.1, 0.15) is 23.7 Å². The van der Waals surface area contributed by atoms with Gasteiger partial charge in [-0.15, -0.1) is 0 Å². The highest BCUT2D eigenvalue weighted by Gasteiger charge is 2.07. The highest BCUT2D eigenvalue weighted by atomic mass is 16.3. The number of amides is 2. The molecule has 98 valence electrons. The van der Waals surface area contributed by atoms with Crippen molar-refractivity contribution in [1.29, 1.82) is 0 Å². The van der Waals surface area contributed by atoms with Crippen LogP contribution in [0.2, 0.25) is 0 Å². The van der Waals surface area contributed by atoms with Gasteiger partial charge in [0, 0.05) is 24.6 Å². The smallest absolute Gasteiger partial charge is 0.251 e. The van der Waals surface area contributed by atoms with Crippen molar-refractivity contribution in [3.05, 3.63) is 35.9 Å². The first-order valence-electron chi connectivity index (χ1n) is 5.87. The summed E-state index contributed by atoms with van der Waals surface area (Å²) in [5.41, 5.74) is 0.571. The number of carbonyl (C=O) groups excluding carboxylic acids is 2. The van der Waals surface area contributed by atoms with E-state index in [4.69, 9.17) is 5.11 Å². The molecular formula is C13H18N2O3. The zero-order chi connectivity index (χ0) is 13.4. The fourth-order valence-electron chi connectivity index (χ4n) is 1.37. The van der Waals surface area contributed by atoms with E-state index in [1.807, 2.05) is 6.07 Å². The number of aliphatic hydroxyl groups is 1. The van der Waals surface area contributed by atoms with Gasteiger partial charge in [-0.05, 0) is 19.1 Å². The molecule has 0 bridgehead atoms. The van der Waals surface area contributed by atoms with Crippen molar-refractivity contribution >= 4 is 11.8 Å². The monoisotopic (exact) mass is 250 g/mol. The molecule has 0 fully saturated rings. The standard InChI is InChI=1S/C13H18N2O3/c1-10(9-16)15-12(17)7-8-14-13(18)11-5-3-2-4-6-11/h2-6,10,16H,7-9H2,1H3,(H,14,18)(H,15,17)/t10-/m0/s1. The SMILES string of the molecule is C[C@@H](CO)NC(=O)CCNC(=O)c1ccccc1. The van der Waals surface area contributed by atoms with Crippen LogP contribution in [0.25, 0.3) is 0 Å². The molecule has 5 heteroatoms. The van der Waals surface area contributed by atoms with Gasteiger partial charge in [0.1, 0.15) is 0 Å². The van der Waals surface area contributed by atoms with E-state index in [9.17, 15) is 9.59 Å². The molecule has 0 spiro atoms. The van der Waals surface area contributed by atoms with Crippen LogP contribution in [0.5, 0.6) is 0 Å². The Balaban J connectivity index is 2.26. The third-order valence-corrected chi connectivity index (χ3v) is 2.35. The van der Waals surface area contributed by atoms with Gasteiger partial charge >= 0.3 is 0 Å². The van der Waals surface area contributed by atoms with Gasteiger partial charge in [0.15, 0.2) is 0 Å². The van der Waals surface area contributed by atoms with Crippen LogP contribution in [0.15, 0.2) is 30.3 Å². The van der Waals surface area contributed by atoms with Crippen molar-refractivity contribution in [3.8, 4) is 0 Å². The van der Waals surface area contributed by atoms with E-state index < -0.39 is 0 Å². The van der Waals surface area contributed by atoms with Gasteiger partial charge in [-0.3, -0.25) is 9.59 Å². The van der Waals surface area contributed by atoms with E-state index in [1.54, 1.807) is 31.2 Å². The molecule has 2 amide bonds. The Hall–Kier alpha value is -1.88. The van der Waals surface area contributed by atoms with Crippen LogP contribution in [0.3, 0.4) is 0 Å². The van der Waals surface area contributed by atoms with Crippen LogP contribution >= 0.6 is 0 Å². The lowest BCUT2D eigenvalue weighted by molar-refractivity contribution is -0.121. The summed E-state index contributed by atoms with van der Waals surface area (Å²) in [5.74, 6) is -0.386. The van der Waals surface area contributed by atoms with Gasteiger partial charge in [0.2, 0.25) is 5.91 Å². The summed E-state index contributed by atoms with van der Waals surface area (Å²) in [5, 5.41) is 14.0. The Labute approximate surface area is 106 Å².